The largest absolute Gasteiger partial charge is 0.496 e. The Balaban J connectivity index is 2.61. The number of ether oxygens (including phenoxy) is 1. The topological polar surface area (TPSA) is 29.5 Å². The number of hydrogen-bond acceptors (Lipinski definition) is 2. The number of fused-ring (bicyclic) bond motifs is 1. The third-order valence-corrected chi connectivity index (χ3v) is 2.84. The van der Waals surface area contributed by atoms with Gasteiger partial charge in [0.25, 0.3) is 5.92 Å². The molecule has 0 fully saturated rings. The number of aliphatic hydroxyl groups is 1. The number of benzene rings is 1. The Bertz CT molecular complexity index is 402. The van der Waals surface area contributed by atoms with Crippen LogP contribution in [0.5, 0.6) is 5.75 Å². The quantitative estimate of drug-likeness (QED) is 0.776. The Morgan fingerprint density at radius 2 is 2.13 bits per heavy atom. The highest BCUT2D eigenvalue weighted by molar-refractivity contribution is 5.50. The summed E-state index contributed by atoms with van der Waals surface area (Å²) in [6.45, 7) is 1.71. The Morgan fingerprint density at radius 3 is 2.73 bits per heavy atom. The molecule has 1 aliphatic carbocycles. The van der Waals surface area contributed by atoms with Crippen LogP contribution >= 0.6 is 0 Å². The van der Waals surface area contributed by atoms with Crippen molar-refractivity contribution in [3.05, 3.63) is 28.8 Å². The monoisotopic (exact) mass is 214 g/mol. The Morgan fingerprint density at radius 1 is 1.47 bits per heavy atom. The van der Waals surface area contributed by atoms with Gasteiger partial charge in [-0.2, -0.15) is 0 Å². The molecule has 82 valence electrons. The molecule has 4 heteroatoms. The van der Waals surface area contributed by atoms with E-state index in [1.165, 1.54) is 7.11 Å². The van der Waals surface area contributed by atoms with Crippen LogP contribution in [0.25, 0.3) is 0 Å². The molecule has 0 spiro atoms. The van der Waals surface area contributed by atoms with E-state index in [1.807, 2.05) is 0 Å². The Labute approximate surface area is 86.5 Å². The zero-order valence-electron chi connectivity index (χ0n) is 8.55. The molecule has 0 radical (unpaired) electrons. The highest BCUT2D eigenvalue weighted by atomic mass is 19.3. The van der Waals surface area contributed by atoms with Gasteiger partial charge in [0.15, 0.2) is 0 Å². The number of aliphatic hydroxyl groups excluding tert-OH is 1. The van der Waals surface area contributed by atoms with Gasteiger partial charge in [-0.25, -0.2) is 8.78 Å². The fraction of sp³-hybridized carbons (Fsp3) is 0.455. The van der Waals surface area contributed by atoms with Gasteiger partial charge in [0.1, 0.15) is 11.9 Å². The highest BCUT2D eigenvalue weighted by Crippen LogP contribution is 2.47. The van der Waals surface area contributed by atoms with Gasteiger partial charge >= 0.3 is 0 Å². The van der Waals surface area contributed by atoms with E-state index in [9.17, 15) is 13.9 Å². The number of aryl methyl sites for hydroxylation is 1. The molecule has 0 saturated heterocycles. The highest BCUT2D eigenvalue weighted by Gasteiger charge is 2.48. The Hall–Kier alpha value is -1.16. The molecule has 0 unspecified atom stereocenters. The molecule has 1 N–H and O–H groups in total. The SMILES string of the molecule is COc1ccc(C)c2c1CC(F)(F)[C@H]2O. The fourth-order valence-electron chi connectivity index (χ4n) is 2.06. The van der Waals surface area contributed by atoms with Crippen LogP contribution in [0, 0.1) is 6.92 Å². The third kappa shape index (κ3) is 1.40. The normalized spacial score (nSPS) is 22.6. The van der Waals surface area contributed by atoms with Gasteiger partial charge in [-0.1, -0.05) is 6.07 Å². The third-order valence-electron chi connectivity index (χ3n) is 2.84. The van der Waals surface area contributed by atoms with Crippen molar-refractivity contribution in [2.24, 2.45) is 0 Å². The van der Waals surface area contributed by atoms with Gasteiger partial charge in [0.2, 0.25) is 0 Å². The molecule has 2 nitrogen and oxygen atoms in total. The smallest absolute Gasteiger partial charge is 0.281 e. The van der Waals surface area contributed by atoms with Gasteiger partial charge in [-0.05, 0) is 24.1 Å². The zero-order chi connectivity index (χ0) is 11.2. The lowest BCUT2D eigenvalue weighted by Crippen LogP contribution is -2.21. The van der Waals surface area contributed by atoms with Crippen LogP contribution in [-0.2, 0) is 6.42 Å². The van der Waals surface area contributed by atoms with Gasteiger partial charge < -0.3 is 9.84 Å². The summed E-state index contributed by atoms with van der Waals surface area (Å²) in [7, 11) is 1.44. The van der Waals surface area contributed by atoms with Crippen molar-refractivity contribution >= 4 is 0 Å². The van der Waals surface area contributed by atoms with Crippen LogP contribution in [-0.4, -0.2) is 18.1 Å². The van der Waals surface area contributed by atoms with Crippen molar-refractivity contribution in [2.45, 2.75) is 25.4 Å². The van der Waals surface area contributed by atoms with Gasteiger partial charge in [-0.3, -0.25) is 0 Å². The van der Waals surface area contributed by atoms with E-state index in [1.54, 1.807) is 19.1 Å². The minimum absolute atomic E-state index is 0.319. The molecule has 0 heterocycles. The molecule has 15 heavy (non-hydrogen) atoms. The second-order valence-electron chi connectivity index (χ2n) is 3.82. The van der Waals surface area contributed by atoms with Crippen LogP contribution in [0.15, 0.2) is 12.1 Å². The van der Waals surface area contributed by atoms with Crippen LogP contribution in [0.3, 0.4) is 0 Å². The maximum absolute atomic E-state index is 13.3. The van der Waals surface area contributed by atoms with E-state index in [2.05, 4.69) is 0 Å². The minimum Gasteiger partial charge on any atom is -0.496 e. The average molecular weight is 214 g/mol. The van der Waals surface area contributed by atoms with Crippen LogP contribution in [0.4, 0.5) is 8.78 Å². The standard InChI is InChI=1S/C11H12F2O2/c1-6-3-4-8(15-2)7-5-11(12,13)10(14)9(6)7/h3-4,10,14H,5H2,1-2H3/t10-/m0/s1. The number of halogens is 2. The van der Waals surface area contributed by atoms with Crippen molar-refractivity contribution < 1.29 is 18.6 Å². The number of alkyl halides is 2. The summed E-state index contributed by atoms with van der Waals surface area (Å²) in [5.74, 6) is -2.66. The summed E-state index contributed by atoms with van der Waals surface area (Å²) in [4.78, 5) is 0. The van der Waals surface area contributed by atoms with Crippen molar-refractivity contribution in [2.75, 3.05) is 7.11 Å². The first-order valence-corrected chi connectivity index (χ1v) is 4.69. The second-order valence-corrected chi connectivity index (χ2v) is 3.82. The second kappa shape index (κ2) is 3.17. The molecule has 0 amide bonds. The zero-order valence-corrected chi connectivity index (χ0v) is 8.55. The van der Waals surface area contributed by atoms with E-state index in [0.717, 1.165) is 0 Å². The van der Waals surface area contributed by atoms with Gasteiger partial charge in [0.05, 0.1) is 7.11 Å². The van der Waals surface area contributed by atoms with Crippen LogP contribution in [0.2, 0.25) is 0 Å². The molecule has 0 aliphatic heterocycles. The molecular weight excluding hydrogens is 202 g/mol. The molecular formula is C11H12F2O2. The summed E-state index contributed by atoms with van der Waals surface area (Å²) in [6.07, 6.45) is -2.16. The summed E-state index contributed by atoms with van der Waals surface area (Å²) in [5.41, 5.74) is 1.42. The van der Waals surface area contributed by atoms with Crippen molar-refractivity contribution in [1.82, 2.24) is 0 Å². The Kier molecular flexibility index (Phi) is 2.19. The number of rotatable bonds is 1. The first-order chi connectivity index (χ1) is 6.97. The first-order valence-electron chi connectivity index (χ1n) is 4.69. The molecule has 1 aliphatic rings. The molecule has 0 saturated carbocycles. The first kappa shape index (κ1) is 10.4. The predicted molar refractivity (Wildman–Crippen MR) is 51.3 cm³/mol. The molecule has 0 bridgehead atoms. The molecule has 1 atom stereocenters. The van der Waals surface area contributed by atoms with E-state index in [0.29, 0.717) is 22.4 Å². The lowest BCUT2D eigenvalue weighted by Gasteiger charge is -2.14. The maximum Gasteiger partial charge on any atom is 0.281 e. The number of hydrogen-bond donors (Lipinski definition) is 1. The summed E-state index contributed by atoms with van der Waals surface area (Å²) in [5, 5.41) is 9.50. The van der Waals surface area contributed by atoms with Gasteiger partial charge in [-0.15, -0.1) is 0 Å². The summed E-state index contributed by atoms with van der Waals surface area (Å²) in [6, 6.07) is 3.34. The summed E-state index contributed by atoms with van der Waals surface area (Å²) >= 11 is 0. The van der Waals surface area contributed by atoms with Crippen LogP contribution < -0.4 is 4.74 Å². The van der Waals surface area contributed by atoms with Crippen molar-refractivity contribution in [3.63, 3.8) is 0 Å². The van der Waals surface area contributed by atoms with E-state index < -0.39 is 18.4 Å². The summed E-state index contributed by atoms with van der Waals surface area (Å²) < 4.78 is 31.7. The molecule has 0 aromatic heterocycles. The van der Waals surface area contributed by atoms with Crippen molar-refractivity contribution in [3.8, 4) is 5.75 Å². The van der Waals surface area contributed by atoms with E-state index >= 15 is 0 Å². The minimum atomic E-state index is -3.08. The average Bonchev–Trinajstić information content (AvgIpc) is 2.40. The van der Waals surface area contributed by atoms with E-state index in [-0.39, 0.29) is 0 Å². The van der Waals surface area contributed by atoms with Crippen LogP contribution in [0.1, 0.15) is 22.8 Å². The van der Waals surface area contributed by atoms with Crippen molar-refractivity contribution in [1.29, 1.82) is 0 Å². The molecule has 2 rings (SSSR count). The van der Waals surface area contributed by atoms with Gasteiger partial charge in [0, 0.05) is 12.0 Å². The number of methoxy groups -OCH3 is 1. The predicted octanol–water partition coefficient (Wildman–Crippen LogP) is 2.23. The molecule has 1 aromatic carbocycles. The van der Waals surface area contributed by atoms with E-state index in [4.69, 9.17) is 4.74 Å². The fourth-order valence-corrected chi connectivity index (χ4v) is 2.06. The lowest BCUT2D eigenvalue weighted by atomic mass is 10.0. The lowest BCUT2D eigenvalue weighted by molar-refractivity contribution is -0.0970. The maximum atomic E-state index is 13.3. The molecule has 1 aromatic rings.